The highest BCUT2D eigenvalue weighted by Gasteiger charge is 2.23. The normalized spacial score (nSPS) is 15.9. The molecule has 104 valence electrons. The van der Waals surface area contributed by atoms with Gasteiger partial charge in [0, 0.05) is 11.4 Å². The third kappa shape index (κ3) is 2.83. The molecule has 1 heterocycles. The number of benzene rings is 1. The van der Waals surface area contributed by atoms with Crippen LogP contribution in [0, 0.1) is 13.8 Å². The van der Waals surface area contributed by atoms with Gasteiger partial charge >= 0.3 is 0 Å². The molecule has 1 aromatic heterocycles. The van der Waals surface area contributed by atoms with Gasteiger partial charge in [-0.1, -0.05) is 18.2 Å². The van der Waals surface area contributed by atoms with Gasteiger partial charge in [0.1, 0.15) is 5.75 Å². The smallest absolute Gasteiger partial charge is 0.120 e. The number of aryl methyl sites for hydroxylation is 2. The monoisotopic (exact) mass is 268 g/mol. The molecule has 0 saturated heterocycles. The first kappa shape index (κ1) is 13.1. The zero-order chi connectivity index (χ0) is 14.1. The van der Waals surface area contributed by atoms with E-state index in [0.717, 1.165) is 41.1 Å². The molecule has 1 unspecified atom stereocenters. The van der Waals surface area contributed by atoms with Crippen LogP contribution in [0.4, 0.5) is 0 Å². The number of rotatable bonds is 4. The quantitative estimate of drug-likeness (QED) is 0.925. The van der Waals surface area contributed by atoms with E-state index in [4.69, 9.17) is 10.5 Å². The molecule has 3 nitrogen and oxygen atoms in total. The molecule has 1 atom stereocenters. The standard InChI is InChI=1S/C17H20N2O/c1-11-6-9-16(12(2)19-11)17(18)13-4-3-5-15(10-13)20-14-7-8-14/h3-6,9-10,14,17H,7-8,18H2,1-2H3. The van der Waals surface area contributed by atoms with Crippen LogP contribution >= 0.6 is 0 Å². The summed E-state index contributed by atoms with van der Waals surface area (Å²) in [5.41, 5.74) is 10.5. The van der Waals surface area contributed by atoms with Crippen molar-refractivity contribution in [1.29, 1.82) is 0 Å². The lowest BCUT2D eigenvalue weighted by atomic mass is 9.98. The first-order chi connectivity index (χ1) is 9.63. The predicted octanol–water partition coefficient (Wildman–Crippen LogP) is 3.29. The Morgan fingerprint density at radius 1 is 1.20 bits per heavy atom. The minimum Gasteiger partial charge on any atom is -0.490 e. The minimum absolute atomic E-state index is 0.161. The zero-order valence-electron chi connectivity index (χ0n) is 12.0. The van der Waals surface area contributed by atoms with E-state index in [1.165, 1.54) is 0 Å². The Hall–Kier alpha value is -1.87. The summed E-state index contributed by atoms with van der Waals surface area (Å²) in [7, 11) is 0. The molecule has 2 N–H and O–H groups in total. The number of pyridine rings is 1. The third-order valence-corrected chi connectivity index (χ3v) is 3.65. The van der Waals surface area contributed by atoms with Gasteiger partial charge in [-0.2, -0.15) is 0 Å². The Balaban J connectivity index is 1.86. The summed E-state index contributed by atoms with van der Waals surface area (Å²) in [6, 6.07) is 12.0. The van der Waals surface area contributed by atoms with Crippen LogP contribution in [0.25, 0.3) is 0 Å². The summed E-state index contributed by atoms with van der Waals surface area (Å²) in [5, 5.41) is 0. The van der Waals surface area contributed by atoms with Crippen molar-refractivity contribution in [3.05, 3.63) is 58.9 Å². The predicted molar refractivity (Wildman–Crippen MR) is 79.8 cm³/mol. The van der Waals surface area contributed by atoms with Crippen LogP contribution in [0.3, 0.4) is 0 Å². The number of nitrogens with zero attached hydrogens (tertiary/aromatic N) is 1. The lowest BCUT2D eigenvalue weighted by Gasteiger charge is -2.16. The van der Waals surface area contributed by atoms with Gasteiger partial charge < -0.3 is 10.5 Å². The summed E-state index contributed by atoms with van der Waals surface area (Å²) in [5.74, 6) is 0.915. The van der Waals surface area contributed by atoms with Crippen molar-refractivity contribution in [3.8, 4) is 5.75 Å². The molecule has 0 bridgehead atoms. The van der Waals surface area contributed by atoms with Gasteiger partial charge in [0.25, 0.3) is 0 Å². The van der Waals surface area contributed by atoms with E-state index < -0.39 is 0 Å². The molecular formula is C17H20N2O. The van der Waals surface area contributed by atoms with E-state index in [1.54, 1.807) is 0 Å². The molecule has 0 spiro atoms. The van der Waals surface area contributed by atoms with E-state index >= 15 is 0 Å². The largest absolute Gasteiger partial charge is 0.490 e. The van der Waals surface area contributed by atoms with Gasteiger partial charge in [-0.05, 0) is 56.0 Å². The SMILES string of the molecule is Cc1ccc(C(N)c2cccc(OC3CC3)c2)c(C)n1. The summed E-state index contributed by atoms with van der Waals surface area (Å²) < 4.78 is 5.83. The second-order valence-corrected chi connectivity index (χ2v) is 5.49. The van der Waals surface area contributed by atoms with E-state index in [-0.39, 0.29) is 6.04 Å². The maximum atomic E-state index is 6.39. The number of aromatic nitrogens is 1. The number of hydrogen-bond donors (Lipinski definition) is 1. The Kier molecular flexibility index (Phi) is 3.45. The molecule has 1 aliphatic carbocycles. The lowest BCUT2D eigenvalue weighted by molar-refractivity contribution is 0.303. The summed E-state index contributed by atoms with van der Waals surface area (Å²) in [6.07, 6.45) is 2.73. The van der Waals surface area contributed by atoms with Crippen molar-refractivity contribution in [1.82, 2.24) is 4.98 Å². The average Bonchev–Trinajstić information content (AvgIpc) is 3.22. The van der Waals surface area contributed by atoms with Crippen LogP contribution in [0.1, 0.15) is 41.4 Å². The summed E-state index contributed by atoms with van der Waals surface area (Å²) >= 11 is 0. The third-order valence-electron chi connectivity index (χ3n) is 3.65. The van der Waals surface area contributed by atoms with Gasteiger partial charge in [0.2, 0.25) is 0 Å². The molecule has 20 heavy (non-hydrogen) atoms. The summed E-state index contributed by atoms with van der Waals surface area (Å²) in [4.78, 5) is 4.49. The highest BCUT2D eigenvalue weighted by atomic mass is 16.5. The lowest BCUT2D eigenvalue weighted by Crippen LogP contribution is -2.14. The Bertz CT molecular complexity index is 620. The molecule has 0 aliphatic heterocycles. The Morgan fingerprint density at radius 2 is 2.00 bits per heavy atom. The van der Waals surface area contributed by atoms with Crippen LogP contribution in [0.15, 0.2) is 36.4 Å². The van der Waals surface area contributed by atoms with Crippen molar-refractivity contribution in [3.63, 3.8) is 0 Å². The van der Waals surface area contributed by atoms with Crippen molar-refractivity contribution < 1.29 is 4.74 Å². The fraction of sp³-hybridized carbons (Fsp3) is 0.353. The Labute approximate surface area is 119 Å². The van der Waals surface area contributed by atoms with Crippen LogP contribution < -0.4 is 10.5 Å². The zero-order valence-corrected chi connectivity index (χ0v) is 12.0. The number of hydrogen-bond acceptors (Lipinski definition) is 3. The molecule has 1 aromatic carbocycles. The maximum absolute atomic E-state index is 6.39. The molecule has 3 heteroatoms. The van der Waals surface area contributed by atoms with E-state index in [9.17, 15) is 0 Å². The van der Waals surface area contributed by atoms with Crippen LogP contribution in [0.5, 0.6) is 5.75 Å². The Morgan fingerprint density at radius 3 is 2.70 bits per heavy atom. The number of nitrogens with two attached hydrogens (primary N) is 1. The fourth-order valence-electron chi connectivity index (χ4n) is 2.37. The molecule has 1 saturated carbocycles. The second-order valence-electron chi connectivity index (χ2n) is 5.49. The van der Waals surface area contributed by atoms with Gasteiger partial charge in [-0.3, -0.25) is 4.98 Å². The minimum atomic E-state index is -0.161. The molecular weight excluding hydrogens is 248 g/mol. The highest BCUT2D eigenvalue weighted by molar-refractivity contribution is 5.38. The molecule has 0 radical (unpaired) electrons. The molecule has 2 aromatic rings. The molecule has 0 amide bonds. The van der Waals surface area contributed by atoms with Crippen molar-refractivity contribution in [2.45, 2.75) is 38.8 Å². The molecule has 1 fully saturated rings. The first-order valence-corrected chi connectivity index (χ1v) is 7.10. The maximum Gasteiger partial charge on any atom is 0.120 e. The van der Waals surface area contributed by atoms with Crippen molar-refractivity contribution in [2.75, 3.05) is 0 Å². The van der Waals surface area contributed by atoms with E-state index in [0.29, 0.717) is 6.10 Å². The second kappa shape index (κ2) is 5.25. The average molecular weight is 268 g/mol. The topological polar surface area (TPSA) is 48.1 Å². The first-order valence-electron chi connectivity index (χ1n) is 7.10. The van der Waals surface area contributed by atoms with Crippen LogP contribution in [-0.2, 0) is 0 Å². The van der Waals surface area contributed by atoms with E-state index in [1.807, 2.05) is 44.2 Å². The summed E-state index contributed by atoms with van der Waals surface area (Å²) in [6.45, 7) is 4.00. The van der Waals surface area contributed by atoms with Crippen LogP contribution in [-0.4, -0.2) is 11.1 Å². The fourth-order valence-corrected chi connectivity index (χ4v) is 2.37. The van der Waals surface area contributed by atoms with Gasteiger partial charge in [-0.15, -0.1) is 0 Å². The number of ether oxygens (including phenoxy) is 1. The van der Waals surface area contributed by atoms with E-state index in [2.05, 4.69) is 11.1 Å². The highest BCUT2D eigenvalue weighted by Crippen LogP contribution is 2.29. The molecule has 3 rings (SSSR count). The van der Waals surface area contributed by atoms with Gasteiger partial charge in [0.15, 0.2) is 0 Å². The van der Waals surface area contributed by atoms with Crippen molar-refractivity contribution in [2.24, 2.45) is 5.73 Å². The van der Waals surface area contributed by atoms with Crippen molar-refractivity contribution >= 4 is 0 Å². The molecule has 1 aliphatic rings. The van der Waals surface area contributed by atoms with Gasteiger partial charge in [-0.25, -0.2) is 0 Å². The van der Waals surface area contributed by atoms with Crippen LogP contribution in [0.2, 0.25) is 0 Å². The van der Waals surface area contributed by atoms with Gasteiger partial charge in [0.05, 0.1) is 12.1 Å².